The molecule has 0 aromatic heterocycles. The predicted molar refractivity (Wildman–Crippen MR) is 75.8 cm³/mol. The molecule has 1 aliphatic rings. The maximum atomic E-state index is 14.0. The van der Waals surface area contributed by atoms with Crippen LogP contribution in [0.4, 0.5) is 4.39 Å². The Labute approximate surface area is 114 Å². The lowest BCUT2D eigenvalue weighted by Gasteiger charge is -2.27. The highest BCUT2D eigenvalue weighted by atomic mass is 19.1. The van der Waals surface area contributed by atoms with Crippen molar-refractivity contribution in [3.63, 3.8) is 0 Å². The van der Waals surface area contributed by atoms with Gasteiger partial charge in [-0.25, -0.2) is 4.39 Å². The highest BCUT2D eigenvalue weighted by molar-refractivity contribution is 5.94. The molecule has 1 aromatic rings. The molecule has 4 heteroatoms. The van der Waals surface area contributed by atoms with Crippen LogP contribution in [0, 0.1) is 11.2 Å². The van der Waals surface area contributed by atoms with E-state index in [2.05, 4.69) is 11.8 Å². The van der Waals surface area contributed by atoms with Crippen molar-refractivity contribution in [2.75, 3.05) is 6.54 Å². The maximum absolute atomic E-state index is 14.0. The van der Waals surface area contributed by atoms with Gasteiger partial charge in [-0.3, -0.25) is 10.3 Å². The number of nitrogen functional groups attached to an aromatic ring is 1. The molecule has 0 bridgehead atoms. The second-order valence-electron chi connectivity index (χ2n) is 5.22. The van der Waals surface area contributed by atoms with Gasteiger partial charge < -0.3 is 5.73 Å². The minimum Gasteiger partial charge on any atom is -0.384 e. The monoisotopic (exact) mass is 263 g/mol. The van der Waals surface area contributed by atoms with Crippen LogP contribution in [0.2, 0.25) is 0 Å². The Morgan fingerprint density at radius 1 is 1.42 bits per heavy atom. The normalized spacial score (nSPS) is 16.2. The van der Waals surface area contributed by atoms with Crippen LogP contribution in [0.5, 0.6) is 0 Å². The largest absolute Gasteiger partial charge is 0.384 e. The highest BCUT2D eigenvalue weighted by Gasteiger charge is 2.22. The first-order chi connectivity index (χ1) is 9.11. The molecule has 0 atom stereocenters. The Kier molecular flexibility index (Phi) is 4.53. The molecule has 1 saturated carbocycles. The van der Waals surface area contributed by atoms with Gasteiger partial charge in [-0.2, -0.15) is 0 Å². The molecule has 3 N–H and O–H groups in total. The molecule has 2 rings (SSSR count). The zero-order valence-electron chi connectivity index (χ0n) is 11.5. The van der Waals surface area contributed by atoms with E-state index in [1.807, 2.05) is 0 Å². The Hall–Kier alpha value is -1.42. The minimum atomic E-state index is -0.260. The van der Waals surface area contributed by atoms with Gasteiger partial charge in [0.2, 0.25) is 0 Å². The summed E-state index contributed by atoms with van der Waals surface area (Å²) >= 11 is 0. The Morgan fingerprint density at radius 2 is 2.11 bits per heavy atom. The summed E-state index contributed by atoms with van der Waals surface area (Å²) in [6.45, 7) is 3.71. The van der Waals surface area contributed by atoms with Gasteiger partial charge in [0.05, 0.1) is 0 Å². The van der Waals surface area contributed by atoms with Gasteiger partial charge in [0.15, 0.2) is 0 Å². The van der Waals surface area contributed by atoms with Gasteiger partial charge >= 0.3 is 0 Å². The van der Waals surface area contributed by atoms with Crippen molar-refractivity contribution in [1.82, 2.24) is 4.90 Å². The number of rotatable bonds is 5. The van der Waals surface area contributed by atoms with Crippen LogP contribution in [-0.2, 0) is 6.54 Å². The predicted octanol–water partition coefficient (Wildman–Crippen LogP) is 2.87. The lowest BCUT2D eigenvalue weighted by Crippen LogP contribution is -2.32. The summed E-state index contributed by atoms with van der Waals surface area (Å²) in [7, 11) is 0. The van der Waals surface area contributed by atoms with Gasteiger partial charge in [0, 0.05) is 23.7 Å². The smallest absolute Gasteiger partial charge is 0.128 e. The SMILES string of the molecule is CCN(Cc1ccc(C(=N)N)cc1F)C1CCCC1. The summed E-state index contributed by atoms with van der Waals surface area (Å²) in [6.07, 6.45) is 5.02. The average molecular weight is 263 g/mol. The van der Waals surface area contributed by atoms with E-state index < -0.39 is 0 Å². The van der Waals surface area contributed by atoms with E-state index in [0.29, 0.717) is 23.7 Å². The maximum Gasteiger partial charge on any atom is 0.128 e. The molecular weight excluding hydrogens is 241 g/mol. The van der Waals surface area contributed by atoms with Crippen LogP contribution in [0.1, 0.15) is 43.7 Å². The van der Waals surface area contributed by atoms with Crippen molar-refractivity contribution in [2.45, 2.75) is 45.2 Å². The van der Waals surface area contributed by atoms with Crippen LogP contribution in [0.3, 0.4) is 0 Å². The van der Waals surface area contributed by atoms with Crippen LogP contribution < -0.4 is 5.73 Å². The third kappa shape index (κ3) is 3.32. The second-order valence-corrected chi connectivity index (χ2v) is 5.22. The van der Waals surface area contributed by atoms with E-state index in [0.717, 1.165) is 6.54 Å². The fraction of sp³-hybridized carbons (Fsp3) is 0.533. The molecule has 0 saturated heterocycles. The Morgan fingerprint density at radius 3 is 2.63 bits per heavy atom. The van der Waals surface area contributed by atoms with E-state index in [4.69, 9.17) is 11.1 Å². The summed E-state index contributed by atoms with van der Waals surface area (Å²) in [4.78, 5) is 2.35. The summed E-state index contributed by atoms with van der Waals surface area (Å²) in [5.74, 6) is -0.349. The number of nitrogens with one attached hydrogen (secondary N) is 1. The molecule has 1 fully saturated rings. The van der Waals surface area contributed by atoms with Crippen molar-refractivity contribution < 1.29 is 4.39 Å². The van der Waals surface area contributed by atoms with Crippen molar-refractivity contribution in [1.29, 1.82) is 5.41 Å². The first-order valence-corrected chi connectivity index (χ1v) is 6.98. The van der Waals surface area contributed by atoms with Crippen molar-refractivity contribution in [2.24, 2.45) is 5.73 Å². The van der Waals surface area contributed by atoms with Crippen molar-refractivity contribution in [3.05, 3.63) is 35.1 Å². The summed E-state index contributed by atoms with van der Waals surface area (Å²) in [5, 5.41) is 7.32. The number of hydrogen-bond acceptors (Lipinski definition) is 2. The van der Waals surface area contributed by atoms with Crippen LogP contribution in [-0.4, -0.2) is 23.3 Å². The quantitative estimate of drug-likeness (QED) is 0.634. The van der Waals surface area contributed by atoms with Crippen molar-refractivity contribution in [3.8, 4) is 0 Å². The molecule has 0 amide bonds. The van der Waals surface area contributed by atoms with E-state index in [9.17, 15) is 4.39 Å². The molecule has 0 heterocycles. The minimum absolute atomic E-state index is 0.0893. The van der Waals surface area contributed by atoms with Gasteiger partial charge in [0.1, 0.15) is 11.7 Å². The molecule has 0 radical (unpaired) electrons. The van der Waals surface area contributed by atoms with Gasteiger partial charge in [-0.15, -0.1) is 0 Å². The number of hydrogen-bond donors (Lipinski definition) is 2. The molecule has 0 spiro atoms. The van der Waals surface area contributed by atoms with Crippen molar-refractivity contribution >= 4 is 5.84 Å². The Bertz CT molecular complexity index is 453. The summed E-state index contributed by atoms with van der Waals surface area (Å²) < 4.78 is 14.0. The molecule has 0 unspecified atom stereocenters. The lowest BCUT2D eigenvalue weighted by atomic mass is 10.1. The fourth-order valence-corrected chi connectivity index (χ4v) is 2.83. The number of benzene rings is 1. The van der Waals surface area contributed by atoms with Gasteiger partial charge in [0.25, 0.3) is 0 Å². The lowest BCUT2D eigenvalue weighted by molar-refractivity contribution is 0.198. The second kappa shape index (κ2) is 6.15. The van der Waals surface area contributed by atoms with E-state index in [1.165, 1.54) is 31.7 Å². The molecule has 104 valence electrons. The third-order valence-corrected chi connectivity index (χ3v) is 3.98. The number of halogens is 1. The molecule has 3 nitrogen and oxygen atoms in total. The number of amidine groups is 1. The van der Waals surface area contributed by atoms with Crippen LogP contribution in [0.15, 0.2) is 18.2 Å². The Balaban J connectivity index is 2.10. The average Bonchev–Trinajstić information content (AvgIpc) is 2.91. The first kappa shape index (κ1) is 14.0. The summed E-state index contributed by atoms with van der Waals surface area (Å²) in [6, 6.07) is 5.43. The third-order valence-electron chi connectivity index (χ3n) is 3.98. The molecule has 19 heavy (non-hydrogen) atoms. The fourth-order valence-electron chi connectivity index (χ4n) is 2.83. The molecule has 1 aliphatic carbocycles. The highest BCUT2D eigenvalue weighted by Crippen LogP contribution is 2.25. The zero-order valence-corrected chi connectivity index (χ0v) is 11.5. The van der Waals surface area contributed by atoms with Crippen LogP contribution in [0.25, 0.3) is 0 Å². The molecular formula is C15H22FN3. The molecule has 0 aliphatic heterocycles. The number of nitrogens with zero attached hydrogens (tertiary/aromatic N) is 1. The zero-order chi connectivity index (χ0) is 13.8. The standard InChI is InChI=1S/C15H22FN3/c1-2-19(13-5-3-4-6-13)10-12-8-7-11(15(17)18)9-14(12)16/h7-9,13H,2-6,10H2,1H3,(H3,17,18). The van der Waals surface area contributed by atoms with Gasteiger partial charge in [-0.05, 0) is 25.5 Å². The van der Waals surface area contributed by atoms with E-state index >= 15 is 0 Å². The number of nitrogens with two attached hydrogens (primary N) is 1. The van der Waals surface area contributed by atoms with Crippen LogP contribution >= 0.6 is 0 Å². The van der Waals surface area contributed by atoms with E-state index in [-0.39, 0.29) is 11.7 Å². The first-order valence-electron chi connectivity index (χ1n) is 6.98. The van der Waals surface area contributed by atoms with E-state index in [1.54, 1.807) is 12.1 Å². The topological polar surface area (TPSA) is 53.1 Å². The molecule has 1 aromatic carbocycles. The van der Waals surface area contributed by atoms with Gasteiger partial charge in [-0.1, -0.05) is 31.9 Å². The summed E-state index contributed by atoms with van der Waals surface area (Å²) in [5.41, 5.74) is 6.51.